The molecule has 8 heterocycles. The Hall–Kier alpha value is -8.71. The van der Waals surface area contributed by atoms with E-state index in [1.807, 2.05) is 30.4 Å². The largest absolute Gasteiger partial charge is 0.497 e. The molecule has 22 nitrogen and oxygen atoms in total. The number of nitrogens with zero attached hydrogens (tertiary/aromatic N) is 2. The number of ether oxygens (including phenoxy) is 1. The molecule has 1 aromatic heterocycles. The number of benzene rings is 4. The molecule has 9 N–H and O–H groups in total. The van der Waals surface area contributed by atoms with Crippen LogP contribution in [0.15, 0.2) is 109 Å². The Morgan fingerprint density at radius 2 is 1.32 bits per heavy atom. The average molecular weight is 1340 g/mol. The van der Waals surface area contributed by atoms with Crippen molar-refractivity contribution in [2.75, 3.05) is 31.7 Å². The summed E-state index contributed by atoms with van der Waals surface area (Å²) in [5.74, 6) is -3.87. The second kappa shape index (κ2) is 32.1. The highest BCUT2D eigenvalue weighted by Crippen LogP contribution is 2.42. The lowest BCUT2D eigenvalue weighted by atomic mass is 9.84. The van der Waals surface area contributed by atoms with Gasteiger partial charge in [-0.3, -0.25) is 47.9 Å². The van der Waals surface area contributed by atoms with Gasteiger partial charge >= 0.3 is 0 Å². The molecule has 7 aliphatic heterocycles. The van der Waals surface area contributed by atoms with Crippen LogP contribution in [0.25, 0.3) is 10.9 Å². The quantitative estimate of drug-likeness (QED) is 0.0622. The summed E-state index contributed by atoms with van der Waals surface area (Å²) in [4.78, 5) is 153. The normalized spacial score (nSPS) is 26.9. The summed E-state index contributed by atoms with van der Waals surface area (Å²) >= 11 is 3.21. The van der Waals surface area contributed by atoms with Crippen LogP contribution in [0.4, 0.5) is 4.39 Å². The Kier molecular flexibility index (Phi) is 23.4. The molecule has 7 aliphatic rings. The van der Waals surface area contributed by atoms with E-state index < -0.39 is 107 Å². The summed E-state index contributed by atoms with van der Waals surface area (Å²) in [5.41, 5.74) is 3.55. The number of hydrogen-bond acceptors (Lipinski definition) is 13. The minimum absolute atomic E-state index is 0.000731. The molecule has 504 valence electrons. The van der Waals surface area contributed by atoms with Crippen LogP contribution in [-0.2, 0) is 78.8 Å². The van der Waals surface area contributed by atoms with E-state index in [0.29, 0.717) is 113 Å². The first-order chi connectivity index (χ1) is 45.9. The molecule has 1 unspecified atom stereocenters. The highest BCUT2D eigenvalue weighted by Gasteiger charge is 2.55. The number of methoxy groups -OCH3 is 1. The summed E-state index contributed by atoms with van der Waals surface area (Å²) in [6.45, 7) is 3.50. The molecule has 0 radical (unpaired) electrons. The summed E-state index contributed by atoms with van der Waals surface area (Å²) in [5, 5.41) is 23.4. The van der Waals surface area contributed by atoms with Gasteiger partial charge in [0.2, 0.25) is 59.1 Å². The zero-order valence-corrected chi connectivity index (χ0v) is 55.4. The maximum Gasteiger partial charge on any atom is 0.248 e. The van der Waals surface area contributed by atoms with E-state index in [-0.39, 0.29) is 63.4 Å². The number of amides is 10. The number of H-pyrrole nitrogens is 1. The number of aromatic amines is 1. The van der Waals surface area contributed by atoms with Crippen LogP contribution in [0.1, 0.15) is 124 Å². The van der Waals surface area contributed by atoms with Gasteiger partial charge in [-0.2, -0.15) is 23.5 Å². The van der Waals surface area contributed by atoms with E-state index in [4.69, 9.17) is 4.74 Å². The van der Waals surface area contributed by atoms with Gasteiger partial charge < -0.3 is 62.1 Å². The maximum absolute atomic E-state index is 15.6. The molecule has 10 amide bonds. The van der Waals surface area contributed by atoms with Gasteiger partial charge in [0.05, 0.1) is 13.2 Å². The molecule has 0 spiro atoms. The van der Waals surface area contributed by atoms with Crippen molar-refractivity contribution >= 4 is 93.5 Å². The van der Waals surface area contributed by atoms with Crippen molar-refractivity contribution < 1.29 is 57.1 Å². The zero-order chi connectivity index (χ0) is 67.2. The number of fused-ring (bicyclic) bond motifs is 22. The predicted octanol–water partition coefficient (Wildman–Crippen LogP) is 5.37. The molecule has 25 heteroatoms. The van der Waals surface area contributed by atoms with Gasteiger partial charge in [0.1, 0.15) is 59.4 Å². The molecule has 10 bridgehead atoms. The summed E-state index contributed by atoms with van der Waals surface area (Å²) in [6.07, 6.45) is 8.44. The van der Waals surface area contributed by atoms with Crippen LogP contribution in [0.3, 0.4) is 0 Å². The topological polar surface area (TPSA) is 298 Å². The Balaban J connectivity index is 1.01. The Bertz CT molecular complexity index is 3700. The van der Waals surface area contributed by atoms with Gasteiger partial charge in [-0.05, 0) is 123 Å². The summed E-state index contributed by atoms with van der Waals surface area (Å²) < 4.78 is 20.8. The zero-order valence-electron chi connectivity index (χ0n) is 53.7. The summed E-state index contributed by atoms with van der Waals surface area (Å²) in [7, 11) is 1.54. The lowest BCUT2D eigenvalue weighted by Crippen LogP contribution is -2.71. The number of halogens is 1. The van der Waals surface area contributed by atoms with Crippen LogP contribution < -0.4 is 47.3 Å². The molecule has 12 rings (SSSR count). The van der Waals surface area contributed by atoms with Crippen molar-refractivity contribution in [3.8, 4) is 5.75 Å². The smallest absolute Gasteiger partial charge is 0.248 e. The molecule has 0 saturated carbocycles. The molecule has 4 aromatic carbocycles. The van der Waals surface area contributed by atoms with Gasteiger partial charge in [-0.15, -0.1) is 0 Å². The van der Waals surface area contributed by atoms with Gasteiger partial charge in [-0.1, -0.05) is 79.2 Å². The van der Waals surface area contributed by atoms with E-state index >= 15 is 28.4 Å². The molecule has 5 aromatic rings. The summed E-state index contributed by atoms with van der Waals surface area (Å²) in [6, 6.07) is 15.8. The van der Waals surface area contributed by atoms with Gasteiger partial charge in [0.15, 0.2) is 0 Å². The molecule has 2 saturated heterocycles. The van der Waals surface area contributed by atoms with Crippen LogP contribution in [0.5, 0.6) is 5.75 Å². The Labute approximate surface area is 560 Å². The van der Waals surface area contributed by atoms with Crippen LogP contribution >= 0.6 is 23.5 Å². The maximum atomic E-state index is 15.6. The average Bonchev–Trinajstić information content (AvgIpc) is 1.70. The number of nitrogens with one attached hydrogen (secondary N) is 9. The van der Waals surface area contributed by atoms with E-state index in [0.717, 1.165) is 11.1 Å². The minimum atomic E-state index is -1.51. The highest BCUT2D eigenvalue weighted by atomic mass is 32.2. The van der Waals surface area contributed by atoms with Crippen molar-refractivity contribution in [3.05, 3.63) is 149 Å². The number of carbonyl (C=O) groups is 10. The SMILES string of the molecule is COc1ccc(C[C@@H]2NC(=O)[C@@H]3CCCC/C=C\CC[C@@]4(CCCN4C2=O)C(=O)NCCSCc2cccc(c2)CSCCC(=O)N[C@@H](C)C(=O)N[C@H](C)C(=O)N[C@H]2Cc4cccc(c4)CNC(=O)CC[C@@H](C(=O)N3)N3C(=O)[C@@H](NC2=O)C3c2c[nH]c3ccc(F)cc23)cc1. The van der Waals surface area contributed by atoms with E-state index in [1.54, 1.807) is 83.2 Å². The third kappa shape index (κ3) is 17.2. The standard InChI is InChI=1S/C70H84FN11O11S2/c1-42-62(85)76-43(2)63(86)78-55-36-45-13-10-14-46(33-45)38-74-58(83)25-24-57(82-61(60(68(82)91)80-65(55)88)52-39-73-53-23-20-49(71)37-51(52)53)66(89)77-54-17-8-6-4-5-7-9-27-70(28-12-30-81(70)67(90)56(79-64(54)87)35-44-18-21-50(93-3)22-19-44)69(92)72-29-32-95-41-48-16-11-15-47(34-48)40-94-31-26-59(84)75-42/h5,7,10-11,13-16,18-23,33-34,37,39,42-43,54-57,60-61,73H,4,6,8-9,12,17,24-32,35-36,38,40-41H2,1-3H3,(H,72,92)(H,74,83)(H,75,84)(H,76,85)(H,77,89)(H,78,86)(H,79,87)(H,80,88)/b7-5-/t42-,43+,54-,55-,56-,57-,60-,61?,70+/m0/s1. The number of rotatable bonds is 4. The van der Waals surface area contributed by atoms with Crippen LogP contribution in [0, 0.1) is 5.82 Å². The molecule has 2 fully saturated rings. The van der Waals surface area contributed by atoms with Crippen LogP contribution in [-0.4, -0.2) is 153 Å². The van der Waals surface area contributed by atoms with Gasteiger partial charge in [-0.25, -0.2) is 4.39 Å². The lowest BCUT2D eigenvalue weighted by Gasteiger charge is -2.50. The number of thioether (sulfide) groups is 2. The number of hydrogen-bond donors (Lipinski definition) is 9. The first-order valence-electron chi connectivity index (χ1n) is 32.7. The van der Waals surface area contributed by atoms with Gasteiger partial charge in [0.25, 0.3) is 0 Å². The third-order valence-electron chi connectivity index (χ3n) is 18.4. The molecular formula is C70H84FN11O11S2. The van der Waals surface area contributed by atoms with Crippen LogP contribution in [0.2, 0.25) is 0 Å². The monoisotopic (exact) mass is 1340 g/mol. The van der Waals surface area contributed by atoms with E-state index in [1.165, 1.54) is 44.1 Å². The van der Waals surface area contributed by atoms with E-state index in [2.05, 4.69) is 53.6 Å². The first kappa shape index (κ1) is 69.1. The lowest BCUT2D eigenvalue weighted by molar-refractivity contribution is -0.163. The van der Waals surface area contributed by atoms with Crippen molar-refractivity contribution in [2.24, 2.45) is 0 Å². The molecule has 9 atom stereocenters. The number of carbonyl (C=O) groups excluding carboxylic acids is 10. The van der Waals surface area contributed by atoms with Crippen molar-refractivity contribution in [1.29, 1.82) is 0 Å². The first-order valence-corrected chi connectivity index (χ1v) is 35.0. The van der Waals surface area contributed by atoms with Gasteiger partial charge in [0, 0.05) is 91.0 Å². The van der Waals surface area contributed by atoms with Crippen molar-refractivity contribution in [3.63, 3.8) is 0 Å². The fourth-order valence-corrected chi connectivity index (χ4v) is 14.9. The van der Waals surface area contributed by atoms with Crippen molar-refractivity contribution in [1.82, 2.24) is 57.3 Å². The minimum Gasteiger partial charge on any atom is -0.497 e. The van der Waals surface area contributed by atoms with E-state index in [9.17, 15) is 24.0 Å². The fraction of sp³-hybridized carbons (Fsp3) is 0.457. The predicted molar refractivity (Wildman–Crippen MR) is 359 cm³/mol. The third-order valence-corrected chi connectivity index (χ3v) is 20.4. The highest BCUT2D eigenvalue weighted by molar-refractivity contribution is 7.98. The second-order valence-electron chi connectivity index (χ2n) is 25.1. The molecular weight excluding hydrogens is 1250 g/mol. The molecule has 0 aliphatic carbocycles. The number of aromatic nitrogens is 1. The number of allylic oxidation sites excluding steroid dienone is 2. The fourth-order valence-electron chi connectivity index (χ4n) is 13.2. The second-order valence-corrected chi connectivity index (χ2v) is 27.3. The molecule has 95 heavy (non-hydrogen) atoms. The Morgan fingerprint density at radius 1 is 0.621 bits per heavy atom. The van der Waals surface area contributed by atoms with Crippen molar-refractivity contribution in [2.45, 2.75) is 169 Å². The Morgan fingerprint density at radius 3 is 2.09 bits per heavy atom. The number of β-lactam (4-membered cyclic amide) rings is 1.